The molecule has 4 aromatic rings. The van der Waals surface area contributed by atoms with Gasteiger partial charge in [-0.1, -0.05) is 42.5 Å². The normalized spacial score (nSPS) is 12.5. The van der Waals surface area contributed by atoms with E-state index in [0.29, 0.717) is 24.4 Å². The first-order valence-electron chi connectivity index (χ1n) is 8.38. The molecule has 25 heavy (non-hydrogen) atoms. The number of para-hydroxylation sites is 1. The standard InChI is InChI=1S/C20H19N3O2/c24-11-10-15(14-6-2-1-3-7-14)12-21-20-19-18(22-13-23-20)16-8-4-5-9-17(16)25-19/h1-9,13,15,24H,10-12H2,(H,21,22,23). The van der Waals surface area contributed by atoms with E-state index in [1.165, 1.54) is 5.56 Å². The summed E-state index contributed by atoms with van der Waals surface area (Å²) in [5.41, 5.74) is 3.47. The van der Waals surface area contributed by atoms with E-state index >= 15 is 0 Å². The van der Waals surface area contributed by atoms with Crippen molar-refractivity contribution in [3.05, 3.63) is 66.5 Å². The summed E-state index contributed by atoms with van der Waals surface area (Å²) in [6, 6.07) is 18.0. The van der Waals surface area contributed by atoms with Crippen LogP contribution in [-0.2, 0) is 0 Å². The Balaban J connectivity index is 1.64. The number of nitrogens with zero attached hydrogens (tertiary/aromatic N) is 2. The lowest BCUT2D eigenvalue weighted by Crippen LogP contribution is -2.15. The highest BCUT2D eigenvalue weighted by atomic mass is 16.3. The maximum atomic E-state index is 9.39. The van der Waals surface area contributed by atoms with Crippen LogP contribution in [0.15, 0.2) is 65.3 Å². The first-order valence-corrected chi connectivity index (χ1v) is 8.38. The zero-order valence-corrected chi connectivity index (χ0v) is 13.7. The van der Waals surface area contributed by atoms with E-state index in [1.54, 1.807) is 6.33 Å². The van der Waals surface area contributed by atoms with Crippen molar-refractivity contribution in [3.63, 3.8) is 0 Å². The SMILES string of the molecule is OCCC(CNc1ncnc2c1oc1ccccc12)c1ccccc1. The lowest BCUT2D eigenvalue weighted by Gasteiger charge is -2.17. The van der Waals surface area contributed by atoms with Crippen LogP contribution < -0.4 is 5.32 Å². The molecule has 2 aromatic carbocycles. The van der Waals surface area contributed by atoms with Crippen LogP contribution in [0.5, 0.6) is 0 Å². The molecular formula is C20H19N3O2. The summed E-state index contributed by atoms with van der Waals surface area (Å²) in [6.45, 7) is 0.804. The molecule has 1 atom stereocenters. The van der Waals surface area contributed by atoms with Crippen LogP contribution in [0.25, 0.3) is 22.1 Å². The predicted octanol–water partition coefficient (Wildman–Crippen LogP) is 3.95. The van der Waals surface area contributed by atoms with E-state index < -0.39 is 0 Å². The molecule has 1 unspecified atom stereocenters. The van der Waals surface area contributed by atoms with Crippen molar-refractivity contribution in [2.24, 2.45) is 0 Å². The molecule has 5 nitrogen and oxygen atoms in total. The fourth-order valence-electron chi connectivity index (χ4n) is 3.14. The Hall–Kier alpha value is -2.92. The van der Waals surface area contributed by atoms with Gasteiger partial charge in [0.05, 0.1) is 0 Å². The molecule has 0 fully saturated rings. The van der Waals surface area contributed by atoms with Crippen molar-refractivity contribution in [1.29, 1.82) is 0 Å². The molecular weight excluding hydrogens is 314 g/mol. The second-order valence-corrected chi connectivity index (χ2v) is 6.00. The Kier molecular flexibility index (Phi) is 4.31. The smallest absolute Gasteiger partial charge is 0.196 e. The summed E-state index contributed by atoms with van der Waals surface area (Å²) in [5, 5.41) is 13.8. The minimum Gasteiger partial charge on any atom is -0.450 e. The van der Waals surface area contributed by atoms with Crippen molar-refractivity contribution in [2.45, 2.75) is 12.3 Å². The number of aliphatic hydroxyl groups is 1. The molecule has 2 aromatic heterocycles. The quantitative estimate of drug-likeness (QED) is 0.559. The van der Waals surface area contributed by atoms with E-state index in [-0.39, 0.29) is 12.5 Å². The molecule has 5 heteroatoms. The lowest BCUT2D eigenvalue weighted by atomic mass is 9.96. The fourth-order valence-corrected chi connectivity index (χ4v) is 3.14. The topological polar surface area (TPSA) is 71.2 Å². The van der Waals surface area contributed by atoms with Crippen LogP contribution in [0.1, 0.15) is 17.9 Å². The van der Waals surface area contributed by atoms with Crippen LogP contribution in [0.4, 0.5) is 5.82 Å². The summed E-state index contributed by atoms with van der Waals surface area (Å²) in [7, 11) is 0. The Labute approximate surface area is 145 Å². The molecule has 0 aliphatic rings. The molecule has 126 valence electrons. The molecule has 0 saturated heterocycles. The van der Waals surface area contributed by atoms with Crippen LogP contribution >= 0.6 is 0 Å². The second kappa shape index (κ2) is 6.91. The average molecular weight is 333 g/mol. The van der Waals surface area contributed by atoms with Gasteiger partial charge in [-0.3, -0.25) is 0 Å². The Morgan fingerprint density at radius 3 is 2.64 bits per heavy atom. The summed E-state index contributed by atoms with van der Waals surface area (Å²) in [6.07, 6.45) is 2.24. The van der Waals surface area contributed by atoms with Crippen LogP contribution in [0, 0.1) is 0 Å². The van der Waals surface area contributed by atoms with Crippen molar-refractivity contribution in [2.75, 3.05) is 18.5 Å². The van der Waals surface area contributed by atoms with Gasteiger partial charge >= 0.3 is 0 Å². The van der Waals surface area contributed by atoms with E-state index in [2.05, 4.69) is 27.4 Å². The van der Waals surface area contributed by atoms with Gasteiger partial charge in [-0.05, 0) is 24.1 Å². The molecule has 0 radical (unpaired) electrons. The van der Waals surface area contributed by atoms with Gasteiger partial charge in [-0.2, -0.15) is 0 Å². The van der Waals surface area contributed by atoms with E-state index in [0.717, 1.165) is 16.5 Å². The minimum atomic E-state index is 0.144. The van der Waals surface area contributed by atoms with Crippen LogP contribution in [-0.4, -0.2) is 28.2 Å². The van der Waals surface area contributed by atoms with Crippen molar-refractivity contribution in [1.82, 2.24) is 9.97 Å². The minimum absolute atomic E-state index is 0.144. The number of rotatable bonds is 6. The van der Waals surface area contributed by atoms with Crippen LogP contribution in [0.3, 0.4) is 0 Å². The third-order valence-electron chi connectivity index (χ3n) is 4.42. The van der Waals surface area contributed by atoms with Gasteiger partial charge in [0.2, 0.25) is 0 Å². The zero-order valence-electron chi connectivity index (χ0n) is 13.7. The second-order valence-electron chi connectivity index (χ2n) is 6.00. The Bertz CT molecular complexity index is 982. The average Bonchev–Trinajstić information content (AvgIpc) is 3.05. The highest BCUT2D eigenvalue weighted by Crippen LogP contribution is 2.30. The number of aromatic nitrogens is 2. The van der Waals surface area contributed by atoms with E-state index in [9.17, 15) is 5.11 Å². The lowest BCUT2D eigenvalue weighted by molar-refractivity contribution is 0.277. The molecule has 4 rings (SSSR count). The number of hydrogen-bond acceptors (Lipinski definition) is 5. The molecule has 0 saturated carbocycles. The Morgan fingerprint density at radius 1 is 1.00 bits per heavy atom. The molecule has 2 heterocycles. The van der Waals surface area contributed by atoms with Gasteiger partial charge in [-0.15, -0.1) is 0 Å². The van der Waals surface area contributed by atoms with Crippen molar-refractivity contribution >= 4 is 27.9 Å². The first kappa shape index (κ1) is 15.6. The van der Waals surface area contributed by atoms with Crippen molar-refractivity contribution in [3.8, 4) is 0 Å². The van der Waals surface area contributed by atoms with Gasteiger partial charge in [0.15, 0.2) is 11.4 Å². The number of fused-ring (bicyclic) bond motifs is 3. The summed E-state index contributed by atoms with van der Waals surface area (Å²) < 4.78 is 5.94. The highest BCUT2D eigenvalue weighted by Gasteiger charge is 2.15. The molecule has 0 bridgehead atoms. The van der Waals surface area contributed by atoms with Gasteiger partial charge < -0.3 is 14.8 Å². The van der Waals surface area contributed by atoms with Gasteiger partial charge in [-0.25, -0.2) is 9.97 Å². The third kappa shape index (κ3) is 3.06. The van der Waals surface area contributed by atoms with Gasteiger partial charge in [0.25, 0.3) is 0 Å². The number of nitrogens with one attached hydrogen (secondary N) is 1. The largest absolute Gasteiger partial charge is 0.450 e. The Morgan fingerprint density at radius 2 is 1.80 bits per heavy atom. The van der Waals surface area contributed by atoms with Crippen molar-refractivity contribution < 1.29 is 9.52 Å². The number of hydrogen-bond donors (Lipinski definition) is 2. The monoisotopic (exact) mass is 333 g/mol. The molecule has 0 aliphatic heterocycles. The van der Waals surface area contributed by atoms with Gasteiger partial charge in [0.1, 0.15) is 17.4 Å². The predicted molar refractivity (Wildman–Crippen MR) is 98.7 cm³/mol. The summed E-state index contributed by atoms with van der Waals surface area (Å²) in [5.74, 6) is 0.876. The number of aliphatic hydroxyl groups excluding tert-OH is 1. The molecule has 0 spiro atoms. The number of furan rings is 1. The van der Waals surface area contributed by atoms with Gasteiger partial charge in [0, 0.05) is 24.5 Å². The molecule has 2 N–H and O–H groups in total. The number of anilines is 1. The van der Waals surface area contributed by atoms with Crippen LogP contribution in [0.2, 0.25) is 0 Å². The summed E-state index contributed by atoms with van der Waals surface area (Å²) in [4.78, 5) is 8.72. The molecule has 0 aliphatic carbocycles. The maximum Gasteiger partial charge on any atom is 0.196 e. The fraction of sp³-hybridized carbons (Fsp3) is 0.200. The molecule has 0 amide bonds. The highest BCUT2D eigenvalue weighted by molar-refractivity contribution is 6.05. The first-order chi connectivity index (χ1) is 12.4. The third-order valence-corrected chi connectivity index (χ3v) is 4.42. The zero-order chi connectivity index (χ0) is 17.1. The number of benzene rings is 2. The van der Waals surface area contributed by atoms with E-state index in [1.807, 2.05) is 42.5 Å². The van der Waals surface area contributed by atoms with E-state index in [4.69, 9.17) is 4.42 Å². The summed E-state index contributed by atoms with van der Waals surface area (Å²) >= 11 is 0. The maximum absolute atomic E-state index is 9.39.